The number of rotatable bonds is 1. The molecule has 0 aromatic carbocycles. The zero-order valence-electron chi connectivity index (χ0n) is 10.8. The van der Waals surface area contributed by atoms with Gasteiger partial charge in [0.1, 0.15) is 0 Å². The molecule has 0 saturated heterocycles. The molecule has 0 aromatic heterocycles. The minimum Gasteiger partial charge on any atom is -0.186 e. The van der Waals surface area contributed by atoms with E-state index in [0.29, 0.717) is 5.92 Å². The summed E-state index contributed by atoms with van der Waals surface area (Å²) in [6, 6.07) is 0. The van der Waals surface area contributed by atoms with Crippen molar-refractivity contribution in [2.75, 3.05) is 0 Å². The molecule has 2 atom stereocenters. The van der Waals surface area contributed by atoms with Gasteiger partial charge in [-0.3, -0.25) is 0 Å². The van der Waals surface area contributed by atoms with E-state index in [4.69, 9.17) is 11.6 Å². The summed E-state index contributed by atoms with van der Waals surface area (Å²) in [4.78, 5) is -0.475. The van der Waals surface area contributed by atoms with Crippen molar-refractivity contribution in [3.05, 3.63) is 0 Å². The maximum atomic E-state index is 6.55. The minimum atomic E-state index is -0.475. The maximum absolute atomic E-state index is 6.55. The molecule has 0 aromatic rings. The fraction of sp³-hybridized carbons (Fsp3) is 1.00. The van der Waals surface area contributed by atoms with Crippen LogP contribution in [0, 0.1) is 11.3 Å². The quantitative estimate of drug-likeness (QED) is 0.357. The Labute approximate surface area is 98.5 Å². The third-order valence-electron chi connectivity index (χ3n) is 2.86. The lowest BCUT2D eigenvalue weighted by Gasteiger charge is -2.23. The average Bonchev–Trinajstić information content (AvgIpc) is 2.17. The molecule has 0 radical (unpaired) electrons. The Morgan fingerprint density at radius 1 is 1.27 bits per heavy atom. The van der Waals surface area contributed by atoms with Gasteiger partial charge in [0.25, 0.3) is 0 Å². The molecular weight excluding hydrogens is 208 g/mol. The van der Waals surface area contributed by atoms with E-state index in [1.165, 1.54) is 0 Å². The third-order valence-corrected chi connectivity index (χ3v) is 3.44. The van der Waals surface area contributed by atoms with Crippen molar-refractivity contribution in [2.45, 2.75) is 64.9 Å². The number of azo groups is 1. The Morgan fingerprint density at radius 2 is 1.80 bits per heavy atom. The van der Waals surface area contributed by atoms with Gasteiger partial charge >= 0.3 is 0 Å². The number of alkyl halides is 1. The van der Waals surface area contributed by atoms with Gasteiger partial charge in [0.2, 0.25) is 0 Å². The molecule has 2 nitrogen and oxygen atoms in total. The van der Waals surface area contributed by atoms with Crippen molar-refractivity contribution in [1.82, 2.24) is 0 Å². The molecule has 1 saturated carbocycles. The van der Waals surface area contributed by atoms with E-state index in [1.807, 2.05) is 20.8 Å². The lowest BCUT2D eigenvalue weighted by atomic mass is 9.91. The van der Waals surface area contributed by atoms with Crippen molar-refractivity contribution in [1.29, 1.82) is 0 Å². The predicted molar refractivity (Wildman–Crippen MR) is 65.4 cm³/mol. The molecule has 2 unspecified atom stereocenters. The Balaban J connectivity index is 2.81. The SMILES string of the molecule is CC1CC(C)(C)CC1(Cl)/N=N/C(C)(C)C. The maximum Gasteiger partial charge on any atom is 0.157 e. The van der Waals surface area contributed by atoms with Gasteiger partial charge in [0.15, 0.2) is 5.00 Å². The zero-order chi connectivity index (χ0) is 11.9. The molecule has 1 aliphatic carbocycles. The van der Waals surface area contributed by atoms with Crippen LogP contribution in [0.3, 0.4) is 0 Å². The molecule has 0 aliphatic heterocycles. The molecule has 1 rings (SSSR count). The summed E-state index contributed by atoms with van der Waals surface area (Å²) in [5.41, 5.74) is 0.159. The highest BCUT2D eigenvalue weighted by molar-refractivity contribution is 6.24. The van der Waals surface area contributed by atoms with E-state index in [-0.39, 0.29) is 11.0 Å². The smallest absolute Gasteiger partial charge is 0.157 e. The normalized spacial score (nSPS) is 36.3. The van der Waals surface area contributed by atoms with Crippen molar-refractivity contribution in [3.63, 3.8) is 0 Å². The average molecular weight is 231 g/mol. The second kappa shape index (κ2) is 3.73. The highest BCUT2D eigenvalue weighted by Gasteiger charge is 2.48. The number of hydrogen-bond acceptors (Lipinski definition) is 2. The van der Waals surface area contributed by atoms with Crippen LogP contribution >= 0.6 is 11.6 Å². The second-order valence-corrected chi connectivity index (χ2v) is 7.29. The number of halogens is 1. The van der Waals surface area contributed by atoms with Crippen LogP contribution in [0.2, 0.25) is 0 Å². The van der Waals surface area contributed by atoms with Crippen molar-refractivity contribution in [2.24, 2.45) is 21.6 Å². The first-order chi connectivity index (χ1) is 6.54. The van der Waals surface area contributed by atoms with Crippen LogP contribution in [0.15, 0.2) is 10.2 Å². The first-order valence-electron chi connectivity index (χ1n) is 5.67. The summed E-state index contributed by atoms with van der Waals surface area (Å²) in [6.07, 6.45) is 2.04. The molecule has 3 heteroatoms. The van der Waals surface area contributed by atoms with Gasteiger partial charge in [-0.2, -0.15) is 10.2 Å². The Hall–Kier alpha value is -0.110. The second-order valence-electron chi connectivity index (χ2n) is 6.64. The minimum absolute atomic E-state index is 0.131. The standard InChI is InChI=1S/C12H23ClN2/c1-9-7-11(5,6)8-12(9,13)15-14-10(2,3)4/h9H,7-8H2,1-6H3/b15-14+. The van der Waals surface area contributed by atoms with Gasteiger partial charge in [-0.15, -0.1) is 0 Å². The van der Waals surface area contributed by atoms with Gasteiger partial charge in [0.05, 0.1) is 5.54 Å². The molecule has 0 N–H and O–H groups in total. The topological polar surface area (TPSA) is 24.7 Å². The molecule has 0 heterocycles. The molecular formula is C12H23ClN2. The molecule has 1 aliphatic rings. The van der Waals surface area contributed by atoms with E-state index in [2.05, 4.69) is 31.0 Å². The van der Waals surface area contributed by atoms with Crippen molar-refractivity contribution < 1.29 is 0 Å². The lowest BCUT2D eigenvalue weighted by Crippen LogP contribution is -2.23. The first kappa shape index (κ1) is 13.0. The summed E-state index contributed by atoms with van der Waals surface area (Å²) in [5.74, 6) is 0.403. The first-order valence-corrected chi connectivity index (χ1v) is 6.05. The Kier molecular flexibility index (Phi) is 3.22. The number of nitrogens with zero attached hydrogens (tertiary/aromatic N) is 2. The van der Waals surface area contributed by atoms with E-state index >= 15 is 0 Å². The largest absolute Gasteiger partial charge is 0.186 e. The Morgan fingerprint density at radius 3 is 2.13 bits per heavy atom. The van der Waals surface area contributed by atoms with Crippen LogP contribution in [-0.4, -0.2) is 10.5 Å². The van der Waals surface area contributed by atoms with E-state index < -0.39 is 5.00 Å². The highest BCUT2D eigenvalue weighted by atomic mass is 35.5. The van der Waals surface area contributed by atoms with E-state index in [9.17, 15) is 0 Å². The molecule has 0 bridgehead atoms. The summed E-state index contributed by atoms with van der Waals surface area (Å²) in [7, 11) is 0. The third kappa shape index (κ3) is 3.44. The molecule has 15 heavy (non-hydrogen) atoms. The van der Waals surface area contributed by atoms with Gasteiger partial charge < -0.3 is 0 Å². The molecule has 88 valence electrons. The molecule has 1 fully saturated rings. The van der Waals surface area contributed by atoms with Gasteiger partial charge in [0, 0.05) is 0 Å². The van der Waals surface area contributed by atoms with Crippen molar-refractivity contribution >= 4 is 11.6 Å². The predicted octanol–water partition coefficient (Wildman–Crippen LogP) is 4.63. The summed E-state index contributed by atoms with van der Waals surface area (Å²) >= 11 is 6.55. The molecule has 0 spiro atoms. The zero-order valence-corrected chi connectivity index (χ0v) is 11.5. The Bertz CT molecular complexity index is 265. The van der Waals surface area contributed by atoms with Gasteiger partial charge in [-0.05, 0) is 44.9 Å². The van der Waals surface area contributed by atoms with E-state index in [1.54, 1.807) is 0 Å². The van der Waals surface area contributed by atoms with Gasteiger partial charge in [-0.25, -0.2) is 0 Å². The fourth-order valence-corrected chi connectivity index (χ4v) is 2.75. The van der Waals surface area contributed by atoms with Crippen LogP contribution in [0.25, 0.3) is 0 Å². The monoisotopic (exact) mass is 230 g/mol. The van der Waals surface area contributed by atoms with Crippen LogP contribution < -0.4 is 0 Å². The number of hydrogen-bond donors (Lipinski definition) is 0. The lowest BCUT2D eigenvalue weighted by molar-refractivity contribution is 0.361. The summed E-state index contributed by atoms with van der Waals surface area (Å²) in [5, 5.41) is 8.71. The summed E-state index contributed by atoms with van der Waals surface area (Å²) < 4.78 is 0. The van der Waals surface area contributed by atoms with E-state index in [0.717, 1.165) is 12.8 Å². The fourth-order valence-electron chi connectivity index (χ4n) is 2.27. The highest BCUT2D eigenvalue weighted by Crippen LogP contribution is 2.52. The summed E-state index contributed by atoms with van der Waals surface area (Å²) in [6.45, 7) is 12.8. The van der Waals surface area contributed by atoms with Crippen LogP contribution in [0.1, 0.15) is 54.4 Å². The van der Waals surface area contributed by atoms with Crippen LogP contribution in [-0.2, 0) is 0 Å². The van der Waals surface area contributed by atoms with Crippen LogP contribution in [0.4, 0.5) is 0 Å². The van der Waals surface area contributed by atoms with Crippen molar-refractivity contribution in [3.8, 4) is 0 Å². The molecule has 0 amide bonds. The van der Waals surface area contributed by atoms with Crippen LogP contribution in [0.5, 0.6) is 0 Å². The van der Waals surface area contributed by atoms with Gasteiger partial charge in [-0.1, -0.05) is 32.4 Å².